The average molecular weight is 192 g/mol. The second-order valence-electron chi connectivity index (χ2n) is 3.10. The van der Waals surface area contributed by atoms with E-state index in [0.29, 0.717) is 5.89 Å². The third-order valence-electron chi connectivity index (χ3n) is 2.06. The molecule has 1 heterocycles. The van der Waals surface area contributed by atoms with Crippen LogP contribution in [0.3, 0.4) is 0 Å². The first-order valence-electron chi connectivity index (χ1n) is 4.29. The summed E-state index contributed by atoms with van der Waals surface area (Å²) in [5.41, 5.74) is 10.6. The predicted molar refractivity (Wildman–Crippen MR) is 53.0 cm³/mol. The summed E-state index contributed by atoms with van der Waals surface area (Å²) >= 11 is 0. The van der Waals surface area contributed by atoms with E-state index in [1.165, 1.54) is 0 Å². The number of aryl methyl sites for hydroxylation is 1. The van der Waals surface area contributed by atoms with Gasteiger partial charge in [0.05, 0.1) is 6.17 Å². The number of benzene rings is 1. The molecule has 0 aliphatic heterocycles. The highest BCUT2D eigenvalue weighted by Crippen LogP contribution is 2.18. The van der Waals surface area contributed by atoms with Crippen molar-refractivity contribution in [3.05, 3.63) is 29.7 Å². The summed E-state index contributed by atoms with van der Waals surface area (Å²) in [4.78, 5) is 4.20. The van der Waals surface area contributed by atoms with Crippen LogP contribution in [0.4, 0.5) is 0 Å². The van der Waals surface area contributed by atoms with Gasteiger partial charge < -0.3 is 10.2 Å². The van der Waals surface area contributed by atoms with Crippen molar-refractivity contribution in [1.82, 2.24) is 10.4 Å². The van der Waals surface area contributed by atoms with Crippen LogP contribution in [-0.4, -0.2) is 4.98 Å². The van der Waals surface area contributed by atoms with E-state index in [1.807, 2.05) is 18.2 Å². The zero-order chi connectivity index (χ0) is 10.1. The SMILES string of the molecule is Cc1nc2cc(C(N)NN)ccc2o1. The van der Waals surface area contributed by atoms with Crippen molar-refractivity contribution >= 4 is 11.1 Å². The minimum Gasteiger partial charge on any atom is -0.441 e. The number of aromatic nitrogens is 1. The van der Waals surface area contributed by atoms with Gasteiger partial charge in [-0.25, -0.2) is 10.4 Å². The molecule has 0 amide bonds. The number of nitrogens with one attached hydrogen (secondary N) is 1. The van der Waals surface area contributed by atoms with Gasteiger partial charge >= 0.3 is 0 Å². The quantitative estimate of drug-likeness (QED) is 0.367. The maximum atomic E-state index is 5.70. The Kier molecular flexibility index (Phi) is 2.20. The summed E-state index contributed by atoms with van der Waals surface area (Å²) in [6, 6.07) is 5.55. The molecule has 0 aliphatic rings. The Bertz CT molecular complexity index is 451. The molecular weight excluding hydrogens is 180 g/mol. The molecule has 5 nitrogen and oxygen atoms in total. The van der Waals surface area contributed by atoms with Gasteiger partial charge in [0.15, 0.2) is 11.5 Å². The summed E-state index contributed by atoms with van der Waals surface area (Å²) in [6.07, 6.45) is -0.378. The number of hydrazine groups is 1. The van der Waals surface area contributed by atoms with Crippen molar-refractivity contribution in [2.75, 3.05) is 0 Å². The van der Waals surface area contributed by atoms with Crippen molar-refractivity contribution < 1.29 is 4.42 Å². The van der Waals surface area contributed by atoms with Crippen LogP contribution in [0.5, 0.6) is 0 Å². The maximum absolute atomic E-state index is 5.70. The average Bonchev–Trinajstić information content (AvgIpc) is 2.55. The largest absolute Gasteiger partial charge is 0.441 e. The van der Waals surface area contributed by atoms with Crippen molar-refractivity contribution in [1.29, 1.82) is 0 Å². The van der Waals surface area contributed by atoms with E-state index in [9.17, 15) is 0 Å². The van der Waals surface area contributed by atoms with Crippen molar-refractivity contribution in [3.8, 4) is 0 Å². The fourth-order valence-corrected chi connectivity index (χ4v) is 1.35. The first kappa shape index (κ1) is 9.14. The number of oxazole rings is 1. The third-order valence-corrected chi connectivity index (χ3v) is 2.06. The van der Waals surface area contributed by atoms with Gasteiger partial charge in [-0.15, -0.1) is 0 Å². The molecule has 1 unspecified atom stereocenters. The van der Waals surface area contributed by atoms with E-state index >= 15 is 0 Å². The van der Waals surface area contributed by atoms with Gasteiger partial charge in [0.25, 0.3) is 0 Å². The lowest BCUT2D eigenvalue weighted by molar-refractivity contribution is 0.560. The smallest absolute Gasteiger partial charge is 0.192 e. The second kappa shape index (κ2) is 3.38. The van der Waals surface area contributed by atoms with E-state index in [4.69, 9.17) is 16.0 Å². The number of nitrogens with zero attached hydrogens (tertiary/aromatic N) is 1. The van der Waals surface area contributed by atoms with Crippen LogP contribution in [0.15, 0.2) is 22.6 Å². The molecule has 0 fully saturated rings. The van der Waals surface area contributed by atoms with Gasteiger partial charge in [-0.1, -0.05) is 6.07 Å². The highest BCUT2D eigenvalue weighted by atomic mass is 16.3. The Hall–Kier alpha value is -1.43. The third kappa shape index (κ3) is 1.48. The number of nitrogens with two attached hydrogens (primary N) is 2. The molecule has 1 aromatic heterocycles. The first-order valence-corrected chi connectivity index (χ1v) is 4.29. The zero-order valence-electron chi connectivity index (χ0n) is 7.82. The lowest BCUT2D eigenvalue weighted by Crippen LogP contribution is -2.33. The fraction of sp³-hybridized carbons (Fsp3) is 0.222. The van der Waals surface area contributed by atoms with Crippen LogP contribution in [0, 0.1) is 6.92 Å². The Morgan fingerprint density at radius 1 is 1.50 bits per heavy atom. The molecule has 0 saturated carbocycles. The number of hydrogen-bond acceptors (Lipinski definition) is 5. The molecule has 1 aromatic carbocycles. The van der Waals surface area contributed by atoms with E-state index in [0.717, 1.165) is 16.7 Å². The first-order chi connectivity index (χ1) is 6.70. The van der Waals surface area contributed by atoms with E-state index in [2.05, 4.69) is 10.4 Å². The molecule has 0 spiro atoms. The lowest BCUT2D eigenvalue weighted by atomic mass is 10.1. The maximum Gasteiger partial charge on any atom is 0.192 e. The molecule has 0 radical (unpaired) electrons. The molecule has 0 bridgehead atoms. The second-order valence-corrected chi connectivity index (χ2v) is 3.10. The van der Waals surface area contributed by atoms with Gasteiger partial charge in [-0.3, -0.25) is 5.84 Å². The van der Waals surface area contributed by atoms with Crippen LogP contribution in [0.2, 0.25) is 0 Å². The lowest BCUT2D eigenvalue weighted by Gasteiger charge is -2.08. The number of rotatable bonds is 2. The summed E-state index contributed by atoms with van der Waals surface area (Å²) in [5.74, 6) is 5.88. The highest BCUT2D eigenvalue weighted by molar-refractivity contribution is 5.73. The van der Waals surface area contributed by atoms with Gasteiger partial charge in [0.1, 0.15) is 5.52 Å². The summed E-state index contributed by atoms with van der Waals surface area (Å²) in [6.45, 7) is 1.81. The monoisotopic (exact) mass is 192 g/mol. The highest BCUT2D eigenvalue weighted by Gasteiger charge is 2.07. The molecule has 5 N–H and O–H groups in total. The number of fused-ring (bicyclic) bond motifs is 1. The van der Waals surface area contributed by atoms with Crippen LogP contribution in [0.1, 0.15) is 17.6 Å². The van der Waals surface area contributed by atoms with E-state index < -0.39 is 0 Å². The van der Waals surface area contributed by atoms with Crippen molar-refractivity contribution in [2.24, 2.45) is 11.6 Å². The van der Waals surface area contributed by atoms with Crippen LogP contribution in [0.25, 0.3) is 11.1 Å². The molecule has 2 rings (SSSR count). The van der Waals surface area contributed by atoms with Gasteiger partial charge in [-0.05, 0) is 17.7 Å². The van der Waals surface area contributed by atoms with Crippen molar-refractivity contribution in [2.45, 2.75) is 13.1 Å². The molecule has 0 aliphatic carbocycles. The normalized spacial score (nSPS) is 13.4. The van der Waals surface area contributed by atoms with Gasteiger partial charge in [0, 0.05) is 6.92 Å². The molecule has 74 valence electrons. The summed E-state index contributed by atoms with van der Waals surface area (Å²) in [7, 11) is 0. The van der Waals surface area contributed by atoms with Gasteiger partial charge in [-0.2, -0.15) is 0 Å². The van der Waals surface area contributed by atoms with Gasteiger partial charge in [0.2, 0.25) is 0 Å². The van der Waals surface area contributed by atoms with E-state index in [-0.39, 0.29) is 6.17 Å². The minimum absolute atomic E-state index is 0.378. The number of hydrogen-bond donors (Lipinski definition) is 3. The molecule has 14 heavy (non-hydrogen) atoms. The van der Waals surface area contributed by atoms with Crippen LogP contribution >= 0.6 is 0 Å². The van der Waals surface area contributed by atoms with Crippen LogP contribution in [-0.2, 0) is 0 Å². The predicted octanol–water partition coefficient (Wildman–Crippen LogP) is 0.557. The molecular formula is C9H12N4O. The standard InChI is InChI=1S/C9H12N4O/c1-5-12-7-4-6(9(10)13-11)2-3-8(7)14-5/h2-4,9,13H,10-11H2,1H3. The topological polar surface area (TPSA) is 90.1 Å². The van der Waals surface area contributed by atoms with Crippen molar-refractivity contribution in [3.63, 3.8) is 0 Å². The van der Waals surface area contributed by atoms with Crippen LogP contribution < -0.4 is 17.0 Å². The Morgan fingerprint density at radius 2 is 2.29 bits per heavy atom. The molecule has 2 aromatic rings. The summed E-state index contributed by atoms with van der Waals surface area (Å²) in [5, 5.41) is 0. The molecule has 1 atom stereocenters. The molecule has 5 heteroatoms. The fourth-order valence-electron chi connectivity index (χ4n) is 1.35. The Balaban J connectivity index is 2.50. The Morgan fingerprint density at radius 3 is 3.00 bits per heavy atom. The Labute approximate surface area is 81.1 Å². The molecule has 0 saturated heterocycles. The minimum atomic E-state index is -0.378. The summed E-state index contributed by atoms with van der Waals surface area (Å²) < 4.78 is 5.33. The van der Waals surface area contributed by atoms with E-state index in [1.54, 1.807) is 6.92 Å². The zero-order valence-corrected chi connectivity index (χ0v) is 7.82.